The molecule has 0 saturated heterocycles. The number of hydrogen-bond acceptors (Lipinski definition) is 2. The molecule has 23 heavy (non-hydrogen) atoms. The Morgan fingerprint density at radius 1 is 1.04 bits per heavy atom. The third-order valence-electron chi connectivity index (χ3n) is 4.09. The Morgan fingerprint density at radius 3 is 2.57 bits per heavy atom. The predicted octanol–water partition coefficient (Wildman–Crippen LogP) is 3.30. The first-order valence-corrected chi connectivity index (χ1v) is 7.88. The van der Waals surface area contributed by atoms with Crippen molar-refractivity contribution in [1.29, 1.82) is 0 Å². The number of fused-ring (bicyclic) bond motifs is 1. The summed E-state index contributed by atoms with van der Waals surface area (Å²) < 4.78 is 0. The molecule has 2 aromatic carbocycles. The standard InChI is InChI=1S/C19H20N2O2/c1-14-6-8-16(9-7-14)20-18(22)10-11-19(23)21-13-12-15-4-2-3-5-17(15)21/h2-9H,10-13H2,1H3,(H,20,22). The third kappa shape index (κ3) is 3.59. The highest BCUT2D eigenvalue weighted by atomic mass is 16.2. The molecule has 2 aromatic rings. The summed E-state index contributed by atoms with van der Waals surface area (Å²) in [5.41, 5.74) is 4.09. The van der Waals surface area contributed by atoms with Crippen LogP contribution in [0.15, 0.2) is 48.5 Å². The Kier molecular flexibility index (Phi) is 4.42. The number of para-hydroxylation sites is 1. The van der Waals surface area contributed by atoms with Crippen molar-refractivity contribution in [2.24, 2.45) is 0 Å². The maximum atomic E-state index is 12.4. The molecule has 1 aliphatic heterocycles. The van der Waals surface area contributed by atoms with Crippen LogP contribution in [-0.2, 0) is 16.0 Å². The van der Waals surface area contributed by atoms with E-state index in [1.54, 1.807) is 4.90 Å². The van der Waals surface area contributed by atoms with Crippen molar-refractivity contribution >= 4 is 23.2 Å². The molecule has 0 aromatic heterocycles. The Hall–Kier alpha value is -2.62. The van der Waals surface area contributed by atoms with Crippen LogP contribution in [0.1, 0.15) is 24.0 Å². The minimum absolute atomic E-state index is 0.00834. The first-order chi connectivity index (χ1) is 11.1. The number of rotatable bonds is 4. The summed E-state index contributed by atoms with van der Waals surface area (Å²) in [5.74, 6) is -0.122. The maximum absolute atomic E-state index is 12.4. The zero-order chi connectivity index (χ0) is 16.2. The van der Waals surface area contributed by atoms with E-state index in [4.69, 9.17) is 0 Å². The zero-order valence-corrected chi connectivity index (χ0v) is 13.2. The van der Waals surface area contributed by atoms with Gasteiger partial charge in [-0.3, -0.25) is 9.59 Å². The molecule has 0 atom stereocenters. The number of amides is 2. The van der Waals surface area contributed by atoms with Crippen LogP contribution in [0.2, 0.25) is 0 Å². The Bertz CT molecular complexity index is 722. The minimum atomic E-state index is -0.130. The number of carbonyl (C=O) groups excluding carboxylic acids is 2. The molecular formula is C19H20N2O2. The van der Waals surface area contributed by atoms with Gasteiger partial charge in [0, 0.05) is 30.8 Å². The molecule has 3 rings (SSSR count). The Balaban J connectivity index is 1.53. The zero-order valence-electron chi connectivity index (χ0n) is 13.2. The molecule has 0 saturated carbocycles. The number of aryl methyl sites for hydroxylation is 1. The third-order valence-corrected chi connectivity index (χ3v) is 4.09. The largest absolute Gasteiger partial charge is 0.326 e. The lowest BCUT2D eigenvalue weighted by atomic mass is 10.2. The van der Waals surface area contributed by atoms with Gasteiger partial charge in [0.25, 0.3) is 0 Å². The average molecular weight is 308 g/mol. The quantitative estimate of drug-likeness (QED) is 0.942. The Morgan fingerprint density at radius 2 is 1.78 bits per heavy atom. The van der Waals surface area contributed by atoms with Gasteiger partial charge in [-0.25, -0.2) is 0 Å². The van der Waals surface area contributed by atoms with Crippen molar-refractivity contribution in [1.82, 2.24) is 0 Å². The fraction of sp³-hybridized carbons (Fsp3) is 0.263. The molecule has 118 valence electrons. The van der Waals surface area contributed by atoms with E-state index in [0.717, 1.165) is 23.4 Å². The number of nitrogens with zero attached hydrogens (tertiary/aromatic N) is 1. The summed E-state index contributed by atoms with van der Waals surface area (Å²) in [5, 5.41) is 2.82. The highest BCUT2D eigenvalue weighted by molar-refractivity contribution is 5.99. The summed E-state index contributed by atoms with van der Waals surface area (Å²) in [6, 6.07) is 15.6. The molecule has 4 nitrogen and oxygen atoms in total. The molecule has 4 heteroatoms. The first kappa shape index (κ1) is 15.3. The lowest BCUT2D eigenvalue weighted by Crippen LogP contribution is -2.29. The highest BCUT2D eigenvalue weighted by Crippen LogP contribution is 2.28. The molecule has 0 spiro atoms. The van der Waals surface area contributed by atoms with E-state index in [2.05, 4.69) is 5.32 Å². The molecule has 0 unspecified atom stereocenters. The minimum Gasteiger partial charge on any atom is -0.326 e. The lowest BCUT2D eigenvalue weighted by molar-refractivity contribution is -0.122. The van der Waals surface area contributed by atoms with Gasteiger partial charge < -0.3 is 10.2 Å². The van der Waals surface area contributed by atoms with Gasteiger partial charge in [0.05, 0.1) is 0 Å². The fourth-order valence-corrected chi connectivity index (χ4v) is 2.81. The maximum Gasteiger partial charge on any atom is 0.227 e. The molecule has 0 fully saturated rings. The summed E-state index contributed by atoms with van der Waals surface area (Å²) in [6.45, 7) is 2.70. The van der Waals surface area contributed by atoms with Crippen LogP contribution in [0.5, 0.6) is 0 Å². The lowest BCUT2D eigenvalue weighted by Gasteiger charge is -2.17. The van der Waals surface area contributed by atoms with Gasteiger partial charge in [0.1, 0.15) is 0 Å². The summed E-state index contributed by atoms with van der Waals surface area (Å²) in [4.78, 5) is 26.1. The van der Waals surface area contributed by atoms with E-state index in [1.807, 2.05) is 55.5 Å². The van der Waals surface area contributed by atoms with Crippen molar-refractivity contribution in [2.45, 2.75) is 26.2 Å². The van der Waals surface area contributed by atoms with Crippen LogP contribution < -0.4 is 10.2 Å². The second kappa shape index (κ2) is 6.65. The molecule has 2 amide bonds. The van der Waals surface area contributed by atoms with Crippen molar-refractivity contribution in [3.63, 3.8) is 0 Å². The van der Waals surface area contributed by atoms with E-state index in [0.29, 0.717) is 6.54 Å². The monoisotopic (exact) mass is 308 g/mol. The van der Waals surface area contributed by atoms with E-state index in [1.165, 1.54) is 5.56 Å². The highest BCUT2D eigenvalue weighted by Gasteiger charge is 2.24. The van der Waals surface area contributed by atoms with Gasteiger partial charge in [0.2, 0.25) is 11.8 Å². The van der Waals surface area contributed by atoms with Gasteiger partial charge in [-0.05, 0) is 37.1 Å². The normalized spacial score (nSPS) is 12.8. The molecule has 1 aliphatic rings. The van der Waals surface area contributed by atoms with E-state index < -0.39 is 0 Å². The second-order valence-corrected chi connectivity index (χ2v) is 5.84. The summed E-state index contributed by atoms with van der Waals surface area (Å²) in [7, 11) is 0. The van der Waals surface area contributed by atoms with E-state index in [9.17, 15) is 9.59 Å². The summed E-state index contributed by atoms with van der Waals surface area (Å²) in [6.07, 6.45) is 1.31. The number of anilines is 2. The molecule has 1 heterocycles. The van der Waals surface area contributed by atoms with Crippen LogP contribution in [0.4, 0.5) is 11.4 Å². The number of hydrogen-bond donors (Lipinski definition) is 1. The Labute approximate surface area is 136 Å². The number of benzene rings is 2. The molecule has 0 bridgehead atoms. The molecule has 1 N–H and O–H groups in total. The number of nitrogens with one attached hydrogen (secondary N) is 1. The number of carbonyl (C=O) groups is 2. The predicted molar refractivity (Wildman–Crippen MR) is 91.5 cm³/mol. The van der Waals surface area contributed by atoms with Gasteiger partial charge in [-0.2, -0.15) is 0 Å². The van der Waals surface area contributed by atoms with Crippen molar-refractivity contribution < 1.29 is 9.59 Å². The van der Waals surface area contributed by atoms with Gasteiger partial charge in [-0.1, -0.05) is 35.9 Å². The van der Waals surface area contributed by atoms with Gasteiger partial charge >= 0.3 is 0 Å². The molecular weight excluding hydrogens is 288 g/mol. The van der Waals surface area contributed by atoms with Gasteiger partial charge in [0.15, 0.2) is 0 Å². The van der Waals surface area contributed by atoms with Gasteiger partial charge in [-0.15, -0.1) is 0 Å². The smallest absolute Gasteiger partial charge is 0.227 e. The van der Waals surface area contributed by atoms with E-state index >= 15 is 0 Å². The van der Waals surface area contributed by atoms with Crippen LogP contribution in [0.3, 0.4) is 0 Å². The van der Waals surface area contributed by atoms with Crippen LogP contribution in [0, 0.1) is 6.92 Å². The fourth-order valence-electron chi connectivity index (χ4n) is 2.81. The molecule has 0 aliphatic carbocycles. The van der Waals surface area contributed by atoms with Crippen molar-refractivity contribution in [3.05, 3.63) is 59.7 Å². The van der Waals surface area contributed by atoms with E-state index in [-0.39, 0.29) is 24.7 Å². The van der Waals surface area contributed by atoms with Crippen molar-refractivity contribution in [2.75, 3.05) is 16.8 Å². The average Bonchev–Trinajstić information content (AvgIpc) is 2.99. The molecule has 0 radical (unpaired) electrons. The first-order valence-electron chi connectivity index (χ1n) is 7.88. The second-order valence-electron chi connectivity index (χ2n) is 5.84. The van der Waals surface area contributed by atoms with Crippen LogP contribution >= 0.6 is 0 Å². The SMILES string of the molecule is Cc1ccc(NC(=O)CCC(=O)N2CCc3ccccc32)cc1. The summed E-state index contributed by atoms with van der Waals surface area (Å²) >= 11 is 0. The van der Waals surface area contributed by atoms with Crippen LogP contribution in [0.25, 0.3) is 0 Å². The van der Waals surface area contributed by atoms with Crippen LogP contribution in [-0.4, -0.2) is 18.4 Å². The topological polar surface area (TPSA) is 49.4 Å². The van der Waals surface area contributed by atoms with Crippen molar-refractivity contribution in [3.8, 4) is 0 Å².